The van der Waals surface area contributed by atoms with E-state index in [1.807, 2.05) is 0 Å². The van der Waals surface area contributed by atoms with Crippen molar-refractivity contribution < 1.29 is 31.5 Å². The summed E-state index contributed by atoms with van der Waals surface area (Å²) < 4.78 is 64.3. The number of hydrogen-bond acceptors (Lipinski definition) is 3. The van der Waals surface area contributed by atoms with Gasteiger partial charge in [0.25, 0.3) is 0 Å². The Morgan fingerprint density at radius 3 is 2.17 bits per heavy atom. The largest absolute Gasteiger partial charge is 0.481 e. The molecule has 3 rings (SSSR count). The number of carboxylic acids is 1. The number of halogens is 4. The number of sulfone groups is 1. The molecule has 0 fully saturated rings. The van der Waals surface area contributed by atoms with E-state index >= 15 is 0 Å². The lowest BCUT2D eigenvalue weighted by Gasteiger charge is -2.10. The lowest BCUT2D eigenvalue weighted by atomic mass is 10.0. The topological polar surface area (TPSA) is 71.4 Å². The van der Waals surface area contributed by atoms with Crippen molar-refractivity contribution in [2.45, 2.75) is 22.4 Å². The van der Waals surface area contributed by atoms with Crippen molar-refractivity contribution in [2.24, 2.45) is 0 Å². The lowest BCUT2D eigenvalue weighted by Crippen LogP contribution is -2.05. The van der Waals surface area contributed by atoms with Crippen molar-refractivity contribution in [3.8, 4) is 11.1 Å². The maximum atomic E-state index is 13.0. The molecule has 0 aromatic heterocycles. The highest BCUT2D eigenvalue weighted by Crippen LogP contribution is 2.32. The molecule has 0 spiro atoms. The predicted molar refractivity (Wildman–Crippen MR) is 105 cm³/mol. The van der Waals surface area contributed by atoms with Crippen molar-refractivity contribution in [2.75, 3.05) is 0 Å². The molecule has 30 heavy (non-hydrogen) atoms. The number of hydrogen-bond donors (Lipinski definition) is 1. The van der Waals surface area contributed by atoms with Gasteiger partial charge >= 0.3 is 12.1 Å². The number of carboxylic acid groups (broad SMARTS) is 1. The normalized spacial score (nSPS) is 12.0. The quantitative estimate of drug-likeness (QED) is 0.553. The van der Waals surface area contributed by atoms with Gasteiger partial charge in [0.1, 0.15) is 0 Å². The molecule has 0 bridgehead atoms. The first-order valence-corrected chi connectivity index (χ1v) is 10.4. The van der Waals surface area contributed by atoms with E-state index in [0.717, 1.165) is 12.1 Å². The molecule has 3 aromatic carbocycles. The molecule has 9 heteroatoms. The first-order valence-electron chi connectivity index (χ1n) is 8.51. The molecule has 0 saturated heterocycles. The van der Waals surface area contributed by atoms with Crippen LogP contribution in [0.1, 0.15) is 11.1 Å². The standard InChI is InChI=1S/C21H14ClF3O4S/c22-17-8-13(10-20(26)27)9-19(12-17)30(28,29)18-3-1-2-15(11-18)14-4-6-16(7-5-14)21(23,24)25/h1-9,11-12H,10H2,(H,26,27). The van der Waals surface area contributed by atoms with Crippen LogP contribution in [-0.2, 0) is 27.2 Å². The predicted octanol–water partition coefficient (Wildman–Crippen LogP) is 5.49. The van der Waals surface area contributed by atoms with Crippen LogP contribution in [0.3, 0.4) is 0 Å². The summed E-state index contributed by atoms with van der Waals surface area (Å²) in [6, 6.07) is 13.9. The Bertz CT molecular complexity index is 1200. The van der Waals surface area contributed by atoms with Gasteiger partial charge in [0.2, 0.25) is 9.84 Å². The Morgan fingerprint density at radius 1 is 0.900 bits per heavy atom. The Kier molecular flexibility index (Phi) is 5.92. The third-order valence-electron chi connectivity index (χ3n) is 4.29. The molecule has 156 valence electrons. The molecule has 0 heterocycles. The Balaban J connectivity index is 2.01. The van der Waals surface area contributed by atoms with Crippen LogP contribution in [0.2, 0.25) is 5.02 Å². The molecular formula is C21H14ClF3O4S. The minimum absolute atomic E-state index is 0.0752. The molecule has 0 amide bonds. The SMILES string of the molecule is O=C(O)Cc1cc(Cl)cc(S(=O)(=O)c2cccc(-c3ccc(C(F)(F)F)cc3)c2)c1. The first-order chi connectivity index (χ1) is 14.0. The van der Waals surface area contributed by atoms with E-state index in [1.54, 1.807) is 6.07 Å². The van der Waals surface area contributed by atoms with Crippen molar-refractivity contribution in [1.82, 2.24) is 0 Å². The summed E-state index contributed by atoms with van der Waals surface area (Å²) in [4.78, 5) is 10.7. The van der Waals surface area contributed by atoms with E-state index in [0.29, 0.717) is 11.1 Å². The van der Waals surface area contributed by atoms with Gasteiger partial charge < -0.3 is 5.11 Å². The third-order valence-corrected chi connectivity index (χ3v) is 6.24. The van der Waals surface area contributed by atoms with Gasteiger partial charge in [-0.1, -0.05) is 35.9 Å². The van der Waals surface area contributed by atoms with Gasteiger partial charge in [-0.3, -0.25) is 4.79 Å². The van der Waals surface area contributed by atoms with Gasteiger partial charge in [-0.25, -0.2) is 8.42 Å². The van der Waals surface area contributed by atoms with E-state index in [2.05, 4.69) is 0 Å². The summed E-state index contributed by atoms with van der Waals surface area (Å²) in [6.45, 7) is 0. The van der Waals surface area contributed by atoms with Crippen molar-refractivity contribution in [1.29, 1.82) is 0 Å². The number of carbonyl (C=O) groups is 1. The molecule has 0 radical (unpaired) electrons. The van der Waals surface area contributed by atoms with Gasteiger partial charge in [-0.2, -0.15) is 13.2 Å². The molecular weight excluding hydrogens is 441 g/mol. The van der Waals surface area contributed by atoms with Crippen LogP contribution < -0.4 is 0 Å². The Morgan fingerprint density at radius 2 is 1.57 bits per heavy atom. The maximum Gasteiger partial charge on any atom is 0.416 e. The van der Waals surface area contributed by atoms with Crippen LogP contribution in [0, 0.1) is 0 Å². The fourth-order valence-electron chi connectivity index (χ4n) is 2.88. The van der Waals surface area contributed by atoms with Crippen LogP contribution >= 0.6 is 11.6 Å². The summed E-state index contributed by atoms with van der Waals surface area (Å²) in [7, 11) is -4.04. The molecule has 0 aliphatic rings. The minimum atomic E-state index is -4.47. The van der Waals surface area contributed by atoms with E-state index < -0.39 is 34.0 Å². The van der Waals surface area contributed by atoms with Gasteiger partial charge in [-0.15, -0.1) is 0 Å². The first kappa shape index (κ1) is 21.9. The second-order valence-corrected chi connectivity index (χ2v) is 8.86. The molecule has 0 saturated carbocycles. The number of aliphatic carboxylic acids is 1. The van der Waals surface area contributed by atoms with Crippen LogP contribution in [0.4, 0.5) is 13.2 Å². The van der Waals surface area contributed by atoms with E-state index in [1.165, 1.54) is 48.5 Å². The van der Waals surface area contributed by atoms with Crippen LogP contribution in [-0.4, -0.2) is 19.5 Å². The number of rotatable bonds is 5. The Labute approximate surface area is 175 Å². The average molecular weight is 455 g/mol. The second kappa shape index (κ2) is 8.12. The summed E-state index contributed by atoms with van der Waals surface area (Å²) in [5.74, 6) is -1.13. The molecule has 3 aromatic rings. The molecule has 0 aliphatic heterocycles. The molecule has 1 N–H and O–H groups in total. The summed E-state index contributed by atoms with van der Waals surface area (Å²) in [5, 5.41) is 9.01. The van der Waals surface area contributed by atoms with E-state index in [4.69, 9.17) is 16.7 Å². The van der Waals surface area contributed by atoms with E-state index in [-0.39, 0.29) is 20.4 Å². The highest BCUT2D eigenvalue weighted by molar-refractivity contribution is 7.91. The highest BCUT2D eigenvalue weighted by atomic mass is 35.5. The zero-order valence-corrected chi connectivity index (χ0v) is 16.7. The van der Waals surface area contributed by atoms with Gasteiger partial charge in [-0.05, 0) is 59.2 Å². The van der Waals surface area contributed by atoms with Gasteiger partial charge in [0.05, 0.1) is 21.8 Å². The van der Waals surface area contributed by atoms with Crippen molar-refractivity contribution in [3.05, 3.63) is 82.9 Å². The van der Waals surface area contributed by atoms with Gasteiger partial charge in [0, 0.05) is 5.02 Å². The van der Waals surface area contributed by atoms with Crippen LogP contribution in [0.25, 0.3) is 11.1 Å². The average Bonchev–Trinajstić information content (AvgIpc) is 2.66. The zero-order valence-electron chi connectivity index (χ0n) is 15.2. The number of benzene rings is 3. The summed E-state index contributed by atoms with van der Waals surface area (Å²) in [5.41, 5.74) is 0.252. The van der Waals surface area contributed by atoms with Gasteiger partial charge in [0.15, 0.2) is 0 Å². The molecule has 4 nitrogen and oxygen atoms in total. The van der Waals surface area contributed by atoms with Crippen molar-refractivity contribution >= 4 is 27.4 Å². The fourth-order valence-corrected chi connectivity index (χ4v) is 4.61. The third kappa shape index (κ3) is 4.83. The lowest BCUT2D eigenvalue weighted by molar-refractivity contribution is -0.138. The van der Waals surface area contributed by atoms with E-state index in [9.17, 15) is 26.4 Å². The van der Waals surface area contributed by atoms with Crippen LogP contribution in [0.5, 0.6) is 0 Å². The van der Waals surface area contributed by atoms with Crippen molar-refractivity contribution in [3.63, 3.8) is 0 Å². The smallest absolute Gasteiger partial charge is 0.416 e. The monoisotopic (exact) mass is 454 g/mol. The highest BCUT2D eigenvalue weighted by Gasteiger charge is 2.30. The minimum Gasteiger partial charge on any atom is -0.481 e. The zero-order chi connectivity index (χ0) is 22.1. The second-order valence-electron chi connectivity index (χ2n) is 6.47. The summed E-state index contributed by atoms with van der Waals surface area (Å²) >= 11 is 5.96. The number of alkyl halides is 3. The van der Waals surface area contributed by atoms with Crippen LogP contribution in [0.15, 0.2) is 76.5 Å². The Hall–Kier alpha value is -2.84. The molecule has 0 unspecified atom stereocenters. The molecule has 0 atom stereocenters. The molecule has 0 aliphatic carbocycles. The maximum absolute atomic E-state index is 13.0. The summed E-state index contributed by atoms with van der Waals surface area (Å²) in [6.07, 6.45) is -4.86. The fraction of sp³-hybridized carbons (Fsp3) is 0.0952.